The molecule has 1 aliphatic rings. The minimum absolute atomic E-state index is 0.0129. The van der Waals surface area contributed by atoms with Crippen molar-refractivity contribution in [2.75, 3.05) is 19.0 Å². The van der Waals surface area contributed by atoms with Crippen LogP contribution in [-0.4, -0.2) is 45.1 Å². The van der Waals surface area contributed by atoms with Gasteiger partial charge in [-0.2, -0.15) is 4.33 Å². The Hall–Kier alpha value is -2.66. The van der Waals surface area contributed by atoms with Crippen molar-refractivity contribution in [3.8, 4) is 5.82 Å². The summed E-state index contributed by atoms with van der Waals surface area (Å²) in [7, 11) is 1.43. The molecule has 35 heavy (non-hydrogen) atoms. The van der Waals surface area contributed by atoms with E-state index in [-0.39, 0.29) is 11.9 Å². The van der Waals surface area contributed by atoms with E-state index in [9.17, 15) is 4.79 Å². The van der Waals surface area contributed by atoms with E-state index in [0.717, 1.165) is 18.5 Å². The Labute approximate surface area is 214 Å². The van der Waals surface area contributed by atoms with Gasteiger partial charge in [-0.05, 0) is 36.6 Å². The summed E-state index contributed by atoms with van der Waals surface area (Å²) in [6, 6.07) is 8.72. The van der Waals surface area contributed by atoms with E-state index in [2.05, 4.69) is 25.6 Å². The summed E-state index contributed by atoms with van der Waals surface area (Å²) in [6.07, 6.45) is 12.3. The standard InChI is InChI=1S/C24H29ClN6O3S/c1-33-34-35-24-29-21(14-22(30-24)31-12-11-26-16-31)28-20(13-17-5-3-2-4-6-17)15-27-23(32)18-7-9-19(25)10-8-18/h7-12,14,16-17,20H,2-6,13,15H2,1H3,(H,27,32)(H,28,29,30)/t20-/m1/s1. The third kappa shape index (κ3) is 7.66. The first-order valence-electron chi connectivity index (χ1n) is 11.7. The van der Waals surface area contributed by atoms with Gasteiger partial charge in [0, 0.05) is 41.6 Å². The molecular weight excluding hydrogens is 488 g/mol. The number of nitrogens with zero attached hydrogens (tertiary/aromatic N) is 4. The van der Waals surface area contributed by atoms with Gasteiger partial charge in [0.15, 0.2) is 0 Å². The Morgan fingerprint density at radius 3 is 2.74 bits per heavy atom. The molecule has 0 unspecified atom stereocenters. The van der Waals surface area contributed by atoms with Crippen LogP contribution in [0.15, 0.2) is 54.2 Å². The lowest BCUT2D eigenvalue weighted by Gasteiger charge is -2.28. The van der Waals surface area contributed by atoms with E-state index in [1.165, 1.54) is 39.2 Å². The Morgan fingerprint density at radius 1 is 1.23 bits per heavy atom. The summed E-state index contributed by atoms with van der Waals surface area (Å²) in [5.74, 6) is 1.74. The Kier molecular flexibility index (Phi) is 9.35. The number of anilines is 1. The highest BCUT2D eigenvalue weighted by Gasteiger charge is 2.21. The molecule has 2 N–H and O–H groups in total. The third-order valence-electron chi connectivity index (χ3n) is 5.95. The van der Waals surface area contributed by atoms with Gasteiger partial charge in [-0.3, -0.25) is 9.36 Å². The second kappa shape index (κ2) is 12.9. The number of rotatable bonds is 11. The highest BCUT2D eigenvalue weighted by atomic mass is 35.5. The van der Waals surface area contributed by atoms with E-state index in [1.807, 2.05) is 12.3 Å². The van der Waals surface area contributed by atoms with E-state index < -0.39 is 0 Å². The molecule has 0 saturated heterocycles. The molecule has 0 bridgehead atoms. The number of carbonyl (C=O) groups excluding carboxylic acids is 1. The number of nitrogens with one attached hydrogen (secondary N) is 2. The lowest BCUT2D eigenvalue weighted by molar-refractivity contribution is -0.160. The molecule has 1 aliphatic carbocycles. The first-order valence-corrected chi connectivity index (χ1v) is 12.8. The predicted octanol–water partition coefficient (Wildman–Crippen LogP) is 5.08. The number of halogens is 1. The average Bonchev–Trinajstić information content (AvgIpc) is 3.42. The zero-order valence-electron chi connectivity index (χ0n) is 19.5. The monoisotopic (exact) mass is 516 g/mol. The summed E-state index contributed by atoms with van der Waals surface area (Å²) in [4.78, 5) is 30.6. The van der Waals surface area contributed by atoms with Crippen LogP contribution in [0.25, 0.3) is 5.82 Å². The van der Waals surface area contributed by atoms with Crippen molar-refractivity contribution in [2.45, 2.75) is 49.7 Å². The minimum Gasteiger partial charge on any atom is -0.365 e. The lowest BCUT2D eigenvalue weighted by atomic mass is 9.84. The highest BCUT2D eigenvalue weighted by molar-refractivity contribution is 7.94. The van der Waals surface area contributed by atoms with Crippen LogP contribution in [-0.2, 0) is 9.22 Å². The summed E-state index contributed by atoms with van der Waals surface area (Å²) in [6.45, 7) is 0.458. The SMILES string of the molecule is COOSc1nc(N[C@@H](CNC(=O)c2ccc(Cl)cc2)CC2CCCCC2)cc(-n2ccnc2)n1. The van der Waals surface area contributed by atoms with Crippen molar-refractivity contribution in [3.63, 3.8) is 0 Å². The van der Waals surface area contributed by atoms with Crippen LogP contribution < -0.4 is 10.6 Å². The van der Waals surface area contributed by atoms with E-state index in [1.54, 1.807) is 41.4 Å². The van der Waals surface area contributed by atoms with Gasteiger partial charge in [0.25, 0.3) is 5.91 Å². The van der Waals surface area contributed by atoms with E-state index in [4.69, 9.17) is 20.8 Å². The van der Waals surface area contributed by atoms with Gasteiger partial charge in [0.05, 0.1) is 7.11 Å². The van der Waals surface area contributed by atoms with Gasteiger partial charge < -0.3 is 10.6 Å². The summed E-state index contributed by atoms with van der Waals surface area (Å²) >= 11 is 6.89. The molecule has 0 aliphatic heterocycles. The van der Waals surface area contributed by atoms with Crippen LogP contribution in [0.4, 0.5) is 5.82 Å². The number of benzene rings is 1. The molecule has 0 spiro atoms. The zero-order chi connectivity index (χ0) is 24.5. The molecule has 186 valence electrons. The van der Waals surface area contributed by atoms with Gasteiger partial charge in [-0.25, -0.2) is 19.8 Å². The molecule has 1 saturated carbocycles. The van der Waals surface area contributed by atoms with Gasteiger partial charge in [0.1, 0.15) is 30.0 Å². The minimum atomic E-state index is -0.136. The molecule has 1 atom stereocenters. The van der Waals surface area contributed by atoms with Crippen LogP contribution in [0, 0.1) is 5.92 Å². The molecule has 9 nitrogen and oxygen atoms in total. The molecule has 11 heteroatoms. The fourth-order valence-corrected chi connectivity index (χ4v) is 4.78. The van der Waals surface area contributed by atoms with E-state index in [0.29, 0.717) is 39.8 Å². The van der Waals surface area contributed by atoms with Crippen LogP contribution in [0.1, 0.15) is 48.9 Å². The molecule has 1 fully saturated rings. The number of amides is 1. The zero-order valence-corrected chi connectivity index (χ0v) is 21.1. The molecule has 2 heterocycles. The number of hydrogen-bond acceptors (Lipinski definition) is 8. The van der Waals surface area contributed by atoms with Crippen molar-refractivity contribution < 1.29 is 14.0 Å². The fourth-order valence-electron chi connectivity index (χ4n) is 4.26. The van der Waals surface area contributed by atoms with Gasteiger partial charge in [-0.15, -0.1) is 0 Å². The van der Waals surface area contributed by atoms with Crippen molar-refractivity contribution in [1.82, 2.24) is 24.8 Å². The lowest BCUT2D eigenvalue weighted by Crippen LogP contribution is -2.38. The smallest absolute Gasteiger partial charge is 0.251 e. The van der Waals surface area contributed by atoms with Gasteiger partial charge >= 0.3 is 0 Å². The molecule has 2 aromatic heterocycles. The summed E-state index contributed by atoms with van der Waals surface area (Å²) in [5, 5.41) is 7.59. The highest BCUT2D eigenvalue weighted by Crippen LogP contribution is 2.28. The molecule has 4 rings (SSSR count). The molecule has 3 aromatic rings. The van der Waals surface area contributed by atoms with Gasteiger partial charge in [0.2, 0.25) is 5.16 Å². The number of imidazole rings is 1. The average molecular weight is 517 g/mol. The fraction of sp³-hybridized carbons (Fsp3) is 0.417. The molecule has 0 radical (unpaired) electrons. The topological polar surface area (TPSA) is 103 Å². The second-order valence-electron chi connectivity index (χ2n) is 8.48. The maximum atomic E-state index is 12.7. The Balaban J connectivity index is 1.51. The maximum absolute atomic E-state index is 12.7. The van der Waals surface area contributed by atoms with Crippen LogP contribution in [0.5, 0.6) is 0 Å². The van der Waals surface area contributed by atoms with Crippen LogP contribution >= 0.6 is 23.6 Å². The van der Waals surface area contributed by atoms with Crippen molar-refractivity contribution >= 4 is 35.4 Å². The van der Waals surface area contributed by atoms with Crippen molar-refractivity contribution in [3.05, 3.63) is 59.6 Å². The van der Waals surface area contributed by atoms with Crippen LogP contribution in [0.3, 0.4) is 0 Å². The van der Waals surface area contributed by atoms with E-state index >= 15 is 0 Å². The predicted molar refractivity (Wildman–Crippen MR) is 135 cm³/mol. The Morgan fingerprint density at radius 2 is 2.03 bits per heavy atom. The van der Waals surface area contributed by atoms with Gasteiger partial charge in [-0.1, -0.05) is 43.7 Å². The quantitative estimate of drug-likeness (QED) is 0.157. The summed E-state index contributed by atoms with van der Waals surface area (Å²) in [5.41, 5.74) is 0.575. The van der Waals surface area contributed by atoms with Crippen molar-refractivity contribution in [1.29, 1.82) is 0 Å². The van der Waals surface area contributed by atoms with Crippen LogP contribution in [0.2, 0.25) is 5.02 Å². The summed E-state index contributed by atoms with van der Waals surface area (Å²) < 4.78 is 6.78. The normalized spacial score (nSPS) is 15.0. The second-order valence-corrected chi connectivity index (χ2v) is 9.58. The maximum Gasteiger partial charge on any atom is 0.251 e. The molecule has 1 amide bonds. The largest absolute Gasteiger partial charge is 0.365 e. The first kappa shape index (κ1) is 25.4. The number of carbonyl (C=O) groups is 1. The third-order valence-corrected chi connectivity index (χ3v) is 6.74. The number of hydrogen-bond donors (Lipinski definition) is 2. The Bertz CT molecular complexity index is 1080. The molecular formula is C24H29ClN6O3S. The van der Waals surface area contributed by atoms with Crippen molar-refractivity contribution in [2.24, 2.45) is 5.92 Å². The molecule has 1 aromatic carbocycles. The number of aromatic nitrogens is 4. The first-order chi connectivity index (χ1) is 17.1.